The van der Waals surface area contributed by atoms with Crippen LogP contribution in [0.25, 0.3) is 0 Å². The van der Waals surface area contributed by atoms with Gasteiger partial charge in [-0.15, -0.1) is 0 Å². The fraction of sp³-hybridized carbons (Fsp3) is 0.263. The molecule has 5 heteroatoms. The second kappa shape index (κ2) is 7.39. The Hall–Kier alpha value is -3.18. The van der Waals surface area contributed by atoms with Crippen molar-refractivity contribution >= 4 is 17.1 Å². The average Bonchev–Trinajstić information content (AvgIpc) is 2.64. The van der Waals surface area contributed by atoms with Crippen LogP contribution in [0.5, 0.6) is 0 Å². The molecule has 0 aliphatic carbocycles. The summed E-state index contributed by atoms with van der Waals surface area (Å²) in [6.07, 6.45) is 2.66. The van der Waals surface area contributed by atoms with Gasteiger partial charge in [-0.1, -0.05) is 0 Å². The molecule has 1 heterocycles. The van der Waals surface area contributed by atoms with Crippen LogP contribution in [0.15, 0.2) is 52.7 Å². The lowest BCUT2D eigenvalue weighted by molar-refractivity contribution is 0.694. The molecule has 0 N–H and O–H groups in total. The van der Waals surface area contributed by atoms with Crippen LogP contribution in [-0.2, 0) is 6.42 Å². The first-order valence-electron chi connectivity index (χ1n) is 7.97. The fourth-order valence-corrected chi connectivity index (χ4v) is 2.86. The number of azo groups is 1. The van der Waals surface area contributed by atoms with E-state index in [2.05, 4.69) is 39.4 Å². The molecular formula is C19H17N5. The number of benzene rings is 2. The molecule has 0 radical (unpaired) electrons. The van der Waals surface area contributed by atoms with Gasteiger partial charge >= 0.3 is 0 Å². The SMILES string of the molecule is N#CCCN1CCCc2cc(N=Nc3ccc(C#N)cc3)ccc21. The number of aryl methyl sites for hydroxylation is 1. The molecule has 0 saturated heterocycles. The standard InChI is InChI=1S/C19H17N5/c20-10-2-12-24-11-1-3-16-13-18(8-9-19(16)24)23-22-17-6-4-15(14-21)5-7-17/h4-9,13H,1-3,11-12H2. The van der Waals surface area contributed by atoms with E-state index >= 15 is 0 Å². The third-order valence-electron chi connectivity index (χ3n) is 4.05. The minimum atomic E-state index is 0.541. The lowest BCUT2D eigenvalue weighted by atomic mass is 10.0. The Balaban J connectivity index is 1.77. The molecule has 0 saturated carbocycles. The first-order chi connectivity index (χ1) is 11.8. The van der Waals surface area contributed by atoms with Crippen LogP contribution >= 0.6 is 0 Å². The van der Waals surface area contributed by atoms with E-state index in [1.165, 1.54) is 11.3 Å². The van der Waals surface area contributed by atoms with Crippen LogP contribution in [0.1, 0.15) is 24.0 Å². The fourth-order valence-electron chi connectivity index (χ4n) is 2.86. The number of hydrogen-bond donors (Lipinski definition) is 0. The van der Waals surface area contributed by atoms with Crippen molar-refractivity contribution < 1.29 is 0 Å². The third kappa shape index (κ3) is 3.59. The van der Waals surface area contributed by atoms with Crippen LogP contribution in [-0.4, -0.2) is 13.1 Å². The highest BCUT2D eigenvalue weighted by molar-refractivity contribution is 5.61. The molecule has 1 aliphatic rings. The minimum Gasteiger partial charge on any atom is -0.370 e. The van der Waals surface area contributed by atoms with Crippen LogP contribution in [0.3, 0.4) is 0 Å². The largest absolute Gasteiger partial charge is 0.370 e. The van der Waals surface area contributed by atoms with Gasteiger partial charge in [-0.25, -0.2) is 0 Å². The van der Waals surface area contributed by atoms with Gasteiger partial charge in [-0.2, -0.15) is 20.8 Å². The molecule has 0 aromatic heterocycles. The number of nitriles is 2. The van der Waals surface area contributed by atoms with Gasteiger partial charge < -0.3 is 4.90 Å². The van der Waals surface area contributed by atoms with Crippen molar-refractivity contribution in [2.75, 3.05) is 18.0 Å². The topological polar surface area (TPSA) is 75.5 Å². The van der Waals surface area contributed by atoms with E-state index < -0.39 is 0 Å². The zero-order valence-corrected chi connectivity index (χ0v) is 13.3. The summed E-state index contributed by atoms with van der Waals surface area (Å²) in [6.45, 7) is 1.77. The number of anilines is 1. The molecule has 5 nitrogen and oxygen atoms in total. The summed E-state index contributed by atoms with van der Waals surface area (Å²) in [5.74, 6) is 0. The van der Waals surface area contributed by atoms with E-state index in [9.17, 15) is 0 Å². The molecule has 0 bridgehead atoms. The minimum absolute atomic E-state index is 0.541. The monoisotopic (exact) mass is 315 g/mol. The predicted octanol–water partition coefficient (Wildman–Crippen LogP) is 4.64. The molecule has 0 unspecified atom stereocenters. The number of fused-ring (bicyclic) bond motifs is 1. The maximum Gasteiger partial charge on any atom is 0.0991 e. The summed E-state index contributed by atoms with van der Waals surface area (Å²) < 4.78 is 0. The zero-order valence-electron chi connectivity index (χ0n) is 13.3. The molecule has 0 atom stereocenters. The van der Waals surface area contributed by atoms with Crippen LogP contribution in [0, 0.1) is 22.7 Å². The predicted molar refractivity (Wildman–Crippen MR) is 92.5 cm³/mol. The smallest absolute Gasteiger partial charge is 0.0991 e. The van der Waals surface area contributed by atoms with Crippen molar-refractivity contribution in [2.24, 2.45) is 10.2 Å². The van der Waals surface area contributed by atoms with E-state index in [4.69, 9.17) is 10.5 Å². The second-order valence-corrected chi connectivity index (χ2v) is 5.67. The first-order valence-corrected chi connectivity index (χ1v) is 7.97. The Kier molecular flexibility index (Phi) is 4.84. The molecular weight excluding hydrogens is 298 g/mol. The molecule has 2 aromatic carbocycles. The summed E-state index contributed by atoms with van der Waals surface area (Å²) in [4.78, 5) is 2.27. The van der Waals surface area contributed by atoms with Crippen molar-refractivity contribution in [1.29, 1.82) is 10.5 Å². The van der Waals surface area contributed by atoms with Gasteiger partial charge in [0.25, 0.3) is 0 Å². The van der Waals surface area contributed by atoms with Gasteiger partial charge in [0.2, 0.25) is 0 Å². The van der Waals surface area contributed by atoms with Crippen molar-refractivity contribution in [3.63, 3.8) is 0 Å². The van der Waals surface area contributed by atoms with Gasteiger partial charge in [-0.3, -0.25) is 0 Å². The Morgan fingerprint density at radius 3 is 2.50 bits per heavy atom. The van der Waals surface area contributed by atoms with E-state index in [0.29, 0.717) is 12.0 Å². The summed E-state index contributed by atoms with van der Waals surface area (Å²) in [5.41, 5.74) is 4.62. The molecule has 118 valence electrons. The zero-order chi connectivity index (χ0) is 16.8. The van der Waals surface area contributed by atoms with Crippen LogP contribution < -0.4 is 4.90 Å². The van der Waals surface area contributed by atoms with Gasteiger partial charge in [0.1, 0.15) is 0 Å². The Morgan fingerprint density at radius 1 is 1.00 bits per heavy atom. The molecule has 2 aromatic rings. The summed E-state index contributed by atoms with van der Waals surface area (Å²) in [7, 11) is 0. The van der Waals surface area contributed by atoms with Crippen molar-refractivity contribution in [3.05, 3.63) is 53.6 Å². The molecule has 0 spiro atoms. The third-order valence-corrected chi connectivity index (χ3v) is 4.05. The summed E-state index contributed by atoms with van der Waals surface area (Å²) in [6, 6.07) is 17.4. The first kappa shape index (κ1) is 15.7. The lowest BCUT2D eigenvalue weighted by Crippen LogP contribution is -2.30. The number of rotatable bonds is 4. The van der Waals surface area contributed by atoms with E-state index in [1.807, 2.05) is 6.07 Å². The van der Waals surface area contributed by atoms with Crippen molar-refractivity contribution in [2.45, 2.75) is 19.3 Å². The maximum absolute atomic E-state index is 8.80. The van der Waals surface area contributed by atoms with Crippen LogP contribution in [0.2, 0.25) is 0 Å². The van der Waals surface area contributed by atoms with E-state index in [0.717, 1.165) is 37.3 Å². The maximum atomic E-state index is 8.80. The van der Waals surface area contributed by atoms with Gasteiger partial charge in [0.05, 0.1) is 35.5 Å². The Bertz CT molecular complexity index is 824. The normalized spacial score (nSPS) is 13.3. The van der Waals surface area contributed by atoms with Gasteiger partial charge in [0.15, 0.2) is 0 Å². The molecule has 0 fully saturated rings. The Labute approximate surface area is 141 Å². The quantitative estimate of drug-likeness (QED) is 0.771. The van der Waals surface area contributed by atoms with E-state index in [-0.39, 0.29) is 0 Å². The Morgan fingerprint density at radius 2 is 1.75 bits per heavy atom. The van der Waals surface area contributed by atoms with Crippen LogP contribution in [0.4, 0.5) is 17.1 Å². The van der Waals surface area contributed by atoms with Gasteiger partial charge in [-0.05, 0) is 60.9 Å². The van der Waals surface area contributed by atoms with Gasteiger partial charge in [0, 0.05) is 18.8 Å². The molecule has 24 heavy (non-hydrogen) atoms. The molecule has 1 aliphatic heterocycles. The van der Waals surface area contributed by atoms with E-state index in [1.54, 1.807) is 24.3 Å². The highest BCUT2D eigenvalue weighted by Crippen LogP contribution is 2.31. The number of nitrogens with zero attached hydrogens (tertiary/aromatic N) is 5. The second-order valence-electron chi connectivity index (χ2n) is 5.67. The molecule has 3 rings (SSSR count). The highest BCUT2D eigenvalue weighted by Gasteiger charge is 2.16. The summed E-state index contributed by atoms with van der Waals surface area (Å²) in [5, 5.41) is 26.1. The van der Waals surface area contributed by atoms with Crippen molar-refractivity contribution in [3.8, 4) is 12.1 Å². The summed E-state index contributed by atoms with van der Waals surface area (Å²) >= 11 is 0. The molecule has 0 amide bonds. The average molecular weight is 315 g/mol. The lowest BCUT2D eigenvalue weighted by Gasteiger charge is -2.30. The number of hydrogen-bond acceptors (Lipinski definition) is 5. The highest BCUT2D eigenvalue weighted by atomic mass is 15.1. The van der Waals surface area contributed by atoms with Crippen molar-refractivity contribution in [1.82, 2.24) is 0 Å².